The second-order valence-electron chi connectivity index (χ2n) is 7.31. The number of hydrogen-bond acceptors (Lipinski definition) is 4. The molecular weight excluding hydrogens is 326 g/mol. The first-order chi connectivity index (χ1) is 12.8. The van der Waals surface area contributed by atoms with Crippen LogP contribution in [-0.4, -0.2) is 34.2 Å². The zero-order valence-electron chi connectivity index (χ0n) is 15.0. The number of aromatic nitrogens is 2. The van der Waals surface area contributed by atoms with E-state index in [4.69, 9.17) is 9.47 Å². The maximum atomic E-state index is 5.54. The molecule has 2 unspecified atom stereocenters. The van der Waals surface area contributed by atoms with Crippen molar-refractivity contribution in [3.05, 3.63) is 60.0 Å². The Labute approximate surface area is 153 Å². The monoisotopic (exact) mass is 349 g/mol. The number of nitrogens with zero attached hydrogens (tertiary/aromatic N) is 3. The van der Waals surface area contributed by atoms with Gasteiger partial charge in [-0.1, -0.05) is 12.1 Å². The number of fused-ring (bicyclic) bond motifs is 2. The quantitative estimate of drug-likeness (QED) is 0.720. The summed E-state index contributed by atoms with van der Waals surface area (Å²) in [6.45, 7) is 4.89. The highest BCUT2D eigenvalue weighted by Gasteiger charge is 2.28. The molecule has 2 aromatic heterocycles. The molecule has 134 valence electrons. The fourth-order valence-electron chi connectivity index (χ4n) is 4.23. The molecule has 1 fully saturated rings. The van der Waals surface area contributed by atoms with Gasteiger partial charge in [0.2, 0.25) is 6.79 Å². The maximum Gasteiger partial charge on any atom is 0.231 e. The molecule has 2 aliphatic heterocycles. The van der Waals surface area contributed by atoms with Crippen molar-refractivity contribution >= 4 is 5.65 Å². The van der Waals surface area contributed by atoms with Crippen molar-refractivity contribution in [2.75, 3.05) is 19.9 Å². The molecule has 0 aliphatic carbocycles. The Morgan fingerprint density at radius 2 is 2.12 bits per heavy atom. The Hall–Kier alpha value is -2.53. The van der Waals surface area contributed by atoms with Gasteiger partial charge in [-0.15, -0.1) is 0 Å². The molecule has 0 spiro atoms. The van der Waals surface area contributed by atoms with Crippen LogP contribution >= 0.6 is 0 Å². The zero-order chi connectivity index (χ0) is 17.5. The lowest BCUT2D eigenvalue weighted by molar-refractivity contribution is 0.174. The smallest absolute Gasteiger partial charge is 0.231 e. The highest BCUT2D eigenvalue weighted by Crippen LogP contribution is 2.36. The van der Waals surface area contributed by atoms with Gasteiger partial charge in [-0.05, 0) is 62.1 Å². The van der Waals surface area contributed by atoms with E-state index in [2.05, 4.69) is 57.7 Å². The SMILES string of the molecule is CC(c1ccc2c(c1)OCO2)N1CCC(Cc2cccc3nccn23)C1. The fourth-order valence-corrected chi connectivity index (χ4v) is 4.23. The zero-order valence-corrected chi connectivity index (χ0v) is 15.0. The van der Waals surface area contributed by atoms with Gasteiger partial charge in [0.25, 0.3) is 0 Å². The molecule has 0 saturated carbocycles. The molecule has 5 rings (SSSR count). The van der Waals surface area contributed by atoms with Crippen molar-refractivity contribution in [2.45, 2.75) is 25.8 Å². The van der Waals surface area contributed by atoms with Crippen LogP contribution in [0.25, 0.3) is 5.65 Å². The first-order valence-corrected chi connectivity index (χ1v) is 9.32. The van der Waals surface area contributed by atoms with E-state index in [0.717, 1.165) is 36.7 Å². The third kappa shape index (κ3) is 2.72. The highest BCUT2D eigenvalue weighted by atomic mass is 16.7. The van der Waals surface area contributed by atoms with Crippen LogP contribution in [-0.2, 0) is 6.42 Å². The molecule has 3 aromatic rings. The average Bonchev–Trinajstić information content (AvgIpc) is 3.40. The van der Waals surface area contributed by atoms with Gasteiger partial charge in [0.1, 0.15) is 5.65 Å². The second-order valence-corrected chi connectivity index (χ2v) is 7.31. The molecule has 5 heteroatoms. The number of benzene rings is 1. The summed E-state index contributed by atoms with van der Waals surface area (Å²) < 4.78 is 13.2. The van der Waals surface area contributed by atoms with Crippen molar-refractivity contribution in [2.24, 2.45) is 5.92 Å². The predicted octanol–water partition coefficient (Wildman–Crippen LogP) is 3.69. The summed E-state index contributed by atoms with van der Waals surface area (Å²) >= 11 is 0. The Morgan fingerprint density at radius 3 is 3.08 bits per heavy atom. The second kappa shape index (κ2) is 6.32. The Morgan fingerprint density at radius 1 is 1.19 bits per heavy atom. The minimum absolute atomic E-state index is 0.332. The van der Waals surface area contributed by atoms with Gasteiger partial charge in [-0.3, -0.25) is 4.90 Å². The highest BCUT2D eigenvalue weighted by molar-refractivity contribution is 5.45. The molecule has 1 saturated heterocycles. The molecule has 2 aliphatic rings. The topological polar surface area (TPSA) is 39.0 Å². The lowest BCUT2D eigenvalue weighted by Crippen LogP contribution is -2.25. The summed E-state index contributed by atoms with van der Waals surface area (Å²) in [4.78, 5) is 6.98. The van der Waals surface area contributed by atoms with Crippen molar-refractivity contribution in [1.82, 2.24) is 14.3 Å². The van der Waals surface area contributed by atoms with E-state index in [1.54, 1.807) is 0 Å². The summed E-state index contributed by atoms with van der Waals surface area (Å²) in [7, 11) is 0. The van der Waals surface area contributed by atoms with Crippen LogP contribution in [0.15, 0.2) is 48.8 Å². The minimum Gasteiger partial charge on any atom is -0.454 e. The van der Waals surface area contributed by atoms with Crippen molar-refractivity contribution in [1.29, 1.82) is 0 Å². The van der Waals surface area contributed by atoms with Gasteiger partial charge in [-0.2, -0.15) is 0 Å². The van der Waals surface area contributed by atoms with Crippen molar-refractivity contribution in [3.63, 3.8) is 0 Å². The molecule has 0 N–H and O–H groups in total. The van der Waals surface area contributed by atoms with E-state index in [-0.39, 0.29) is 0 Å². The predicted molar refractivity (Wildman–Crippen MR) is 99.6 cm³/mol. The van der Waals surface area contributed by atoms with Crippen LogP contribution in [0.2, 0.25) is 0 Å². The average molecular weight is 349 g/mol. The lowest BCUT2D eigenvalue weighted by atomic mass is 10.0. The molecule has 4 heterocycles. The number of imidazole rings is 1. The molecule has 2 atom stereocenters. The van der Waals surface area contributed by atoms with Crippen LogP contribution in [0.5, 0.6) is 11.5 Å². The van der Waals surface area contributed by atoms with Gasteiger partial charge in [0, 0.05) is 30.7 Å². The van der Waals surface area contributed by atoms with Gasteiger partial charge in [0.15, 0.2) is 11.5 Å². The van der Waals surface area contributed by atoms with Crippen LogP contribution in [0.1, 0.15) is 30.6 Å². The number of pyridine rings is 1. The minimum atomic E-state index is 0.332. The standard InChI is InChI=1S/C21H23N3O2/c1-15(17-5-6-19-20(12-17)26-14-25-19)23-9-7-16(13-23)11-18-3-2-4-21-22-8-10-24(18)21/h2-6,8,10,12,15-16H,7,9,11,13-14H2,1H3. The maximum absolute atomic E-state index is 5.54. The fraction of sp³-hybridized carbons (Fsp3) is 0.381. The van der Waals surface area contributed by atoms with E-state index in [1.165, 1.54) is 17.7 Å². The van der Waals surface area contributed by atoms with Crippen LogP contribution in [0, 0.1) is 5.92 Å². The normalized spacial score (nSPS) is 20.7. The molecule has 1 aromatic carbocycles. The van der Waals surface area contributed by atoms with E-state index in [9.17, 15) is 0 Å². The van der Waals surface area contributed by atoms with E-state index in [1.807, 2.05) is 12.3 Å². The molecular formula is C21H23N3O2. The summed E-state index contributed by atoms with van der Waals surface area (Å²) in [5.74, 6) is 2.41. The van der Waals surface area contributed by atoms with E-state index < -0.39 is 0 Å². The largest absolute Gasteiger partial charge is 0.454 e. The summed E-state index contributed by atoms with van der Waals surface area (Å²) in [5.41, 5.74) is 3.68. The Bertz CT molecular complexity index is 936. The van der Waals surface area contributed by atoms with Crippen molar-refractivity contribution in [3.8, 4) is 11.5 Å². The molecule has 0 amide bonds. The van der Waals surface area contributed by atoms with Gasteiger partial charge in [0.05, 0.1) is 0 Å². The molecule has 26 heavy (non-hydrogen) atoms. The molecule has 0 radical (unpaired) electrons. The summed E-state index contributed by atoms with van der Waals surface area (Å²) in [6.07, 6.45) is 6.27. The van der Waals surface area contributed by atoms with Gasteiger partial charge < -0.3 is 13.9 Å². The van der Waals surface area contributed by atoms with Crippen LogP contribution in [0.4, 0.5) is 0 Å². The number of rotatable bonds is 4. The van der Waals surface area contributed by atoms with Gasteiger partial charge >= 0.3 is 0 Å². The first-order valence-electron chi connectivity index (χ1n) is 9.32. The van der Waals surface area contributed by atoms with Crippen molar-refractivity contribution < 1.29 is 9.47 Å². The number of hydrogen-bond donors (Lipinski definition) is 0. The molecule has 5 nitrogen and oxygen atoms in total. The van der Waals surface area contributed by atoms with Crippen LogP contribution in [0.3, 0.4) is 0 Å². The summed E-state index contributed by atoms with van der Waals surface area (Å²) in [5, 5.41) is 0. The third-order valence-electron chi connectivity index (χ3n) is 5.75. The third-order valence-corrected chi connectivity index (χ3v) is 5.75. The van der Waals surface area contributed by atoms with Gasteiger partial charge in [-0.25, -0.2) is 4.98 Å². The van der Waals surface area contributed by atoms with E-state index in [0.29, 0.717) is 18.8 Å². The van der Waals surface area contributed by atoms with E-state index >= 15 is 0 Å². The Kier molecular flexibility index (Phi) is 3.82. The Balaban J connectivity index is 1.29. The lowest BCUT2D eigenvalue weighted by Gasteiger charge is -2.25. The first kappa shape index (κ1) is 15.7. The number of ether oxygens (including phenoxy) is 2. The summed E-state index contributed by atoms with van der Waals surface area (Å²) in [6, 6.07) is 13.1. The number of likely N-dealkylation sites (tertiary alicyclic amines) is 1. The molecule has 0 bridgehead atoms. The van der Waals surface area contributed by atoms with Crippen LogP contribution < -0.4 is 9.47 Å².